The van der Waals surface area contributed by atoms with E-state index in [1.54, 1.807) is 0 Å². The van der Waals surface area contributed by atoms with Gasteiger partial charge in [0.25, 0.3) is 0 Å². The van der Waals surface area contributed by atoms with E-state index < -0.39 is 0 Å². The first-order valence-electron chi connectivity index (χ1n) is 4.48. The molecule has 1 heterocycles. The molecule has 2 fully saturated rings. The molecular formula is C9H13NO3. The second-order valence-corrected chi connectivity index (χ2v) is 4.33. The van der Waals surface area contributed by atoms with Crippen LogP contribution in [0.3, 0.4) is 0 Å². The van der Waals surface area contributed by atoms with Gasteiger partial charge in [-0.25, -0.2) is 0 Å². The molecule has 2 atom stereocenters. The molecule has 72 valence electrons. The molecular weight excluding hydrogens is 170 g/mol. The van der Waals surface area contributed by atoms with Crippen LogP contribution in [-0.4, -0.2) is 35.0 Å². The molecule has 0 aromatic carbocycles. The lowest BCUT2D eigenvalue weighted by molar-refractivity contribution is -0.143. The third kappa shape index (κ3) is 0.892. The fraction of sp³-hybridized carbons (Fsp3) is 0.778. The van der Waals surface area contributed by atoms with Gasteiger partial charge >= 0.3 is 0 Å². The van der Waals surface area contributed by atoms with Crippen molar-refractivity contribution in [3.8, 4) is 0 Å². The Morgan fingerprint density at radius 1 is 1.31 bits per heavy atom. The number of fused-ring (bicyclic) bond motifs is 1. The molecule has 2 unspecified atom stereocenters. The number of hydrogen-bond donors (Lipinski definition) is 1. The largest absolute Gasteiger partial charge is 0.395 e. The van der Waals surface area contributed by atoms with Crippen LogP contribution in [0.2, 0.25) is 0 Å². The van der Waals surface area contributed by atoms with Gasteiger partial charge in [-0.1, -0.05) is 13.8 Å². The number of amides is 2. The van der Waals surface area contributed by atoms with Crippen molar-refractivity contribution in [2.24, 2.45) is 17.3 Å². The maximum atomic E-state index is 11.6. The van der Waals surface area contributed by atoms with E-state index >= 15 is 0 Å². The Hall–Kier alpha value is -0.900. The van der Waals surface area contributed by atoms with E-state index in [0.29, 0.717) is 0 Å². The monoisotopic (exact) mass is 183 g/mol. The molecule has 1 aliphatic heterocycles. The first kappa shape index (κ1) is 8.69. The summed E-state index contributed by atoms with van der Waals surface area (Å²) in [5.41, 5.74) is -0.139. The molecule has 4 nitrogen and oxygen atoms in total. The lowest BCUT2D eigenvalue weighted by atomic mass is 10.1. The number of carbonyl (C=O) groups is 2. The lowest BCUT2D eigenvalue weighted by Crippen LogP contribution is -2.38. The highest BCUT2D eigenvalue weighted by molar-refractivity contribution is 6.10. The normalized spacial score (nSPS) is 35.2. The average Bonchev–Trinajstić information content (AvgIpc) is 2.51. The number of imide groups is 1. The molecule has 1 N–H and O–H groups in total. The second-order valence-electron chi connectivity index (χ2n) is 4.33. The van der Waals surface area contributed by atoms with Crippen LogP contribution in [0, 0.1) is 17.3 Å². The predicted octanol–water partition coefficient (Wildman–Crippen LogP) is -0.380. The third-order valence-corrected chi connectivity index (χ3v) is 3.22. The Balaban J connectivity index is 2.18. The van der Waals surface area contributed by atoms with Crippen molar-refractivity contribution in [3.05, 3.63) is 0 Å². The molecule has 1 saturated heterocycles. The fourth-order valence-corrected chi connectivity index (χ4v) is 2.32. The highest BCUT2D eigenvalue weighted by Crippen LogP contribution is 2.63. The molecule has 1 saturated carbocycles. The summed E-state index contributed by atoms with van der Waals surface area (Å²) in [6.07, 6.45) is 0. The van der Waals surface area contributed by atoms with Gasteiger partial charge in [0.05, 0.1) is 25.0 Å². The van der Waals surface area contributed by atoms with Crippen molar-refractivity contribution in [2.75, 3.05) is 13.2 Å². The highest BCUT2D eigenvalue weighted by atomic mass is 16.3. The summed E-state index contributed by atoms with van der Waals surface area (Å²) in [7, 11) is 0. The number of piperidine rings is 1. The van der Waals surface area contributed by atoms with Crippen molar-refractivity contribution in [1.82, 2.24) is 4.90 Å². The fourth-order valence-electron chi connectivity index (χ4n) is 2.32. The zero-order valence-electron chi connectivity index (χ0n) is 7.78. The van der Waals surface area contributed by atoms with E-state index in [1.807, 2.05) is 13.8 Å². The number of rotatable bonds is 2. The lowest BCUT2D eigenvalue weighted by Gasteiger charge is -2.18. The smallest absolute Gasteiger partial charge is 0.233 e. The molecule has 1 aliphatic carbocycles. The molecule has 2 rings (SSSR count). The van der Waals surface area contributed by atoms with Crippen LogP contribution >= 0.6 is 0 Å². The van der Waals surface area contributed by atoms with Gasteiger partial charge in [-0.05, 0) is 5.41 Å². The van der Waals surface area contributed by atoms with Crippen LogP contribution < -0.4 is 0 Å². The maximum absolute atomic E-state index is 11.6. The molecule has 0 radical (unpaired) electrons. The van der Waals surface area contributed by atoms with Gasteiger partial charge in [0.15, 0.2) is 0 Å². The maximum Gasteiger partial charge on any atom is 0.233 e. The predicted molar refractivity (Wildman–Crippen MR) is 44.6 cm³/mol. The van der Waals surface area contributed by atoms with Gasteiger partial charge in [0, 0.05) is 0 Å². The van der Waals surface area contributed by atoms with Gasteiger partial charge in [-0.3, -0.25) is 14.5 Å². The number of β-amino-alcohol motifs (C(OH)–C–C–N with tert-alkyl or cyclic N) is 1. The quantitative estimate of drug-likeness (QED) is 0.594. The summed E-state index contributed by atoms with van der Waals surface area (Å²) in [6, 6.07) is 0. The van der Waals surface area contributed by atoms with Crippen LogP contribution in [0.25, 0.3) is 0 Å². The van der Waals surface area contributed by atoms with Crippen LogP contribution in [0.1, 0.15) is 13.8 Å². The summed E-state index contributed by atoms with van der Waals surface area (Å²) in [5.74, 6) is -0.443. The molecule has 13 heavy (non-hydrogen) atoms. The first-order valence-corrected chi connectivity index (χ1v) is 4.48. The van der Waals surface area contributed by atoms with Gasteiger partial charge in [-0.15, -0.1) is 0 Å². The van der Waals surface area contributed by atoms with Crippen molar-refractivity contribution < 1.29 is 14.7 Å². The van der Waals surface area contributed by atoms with Gasteiger partial charge in [0.1, 0.15) is 0 Å². The van der Waals surface area contributed by atoms with E-state index in [0.717, 1.165) is 0 Å². The van der Waals surface area contributed by atoms with Gasteiger partial charge < -0.3 is 5.11 Å². The van der Waals surface area contributed by atoms with Gasteiger partial charge in [-0.2, -0.15) is 0 Å². The minimum absolute atomic E-state index is 0.103. The number of hydrogen-bond acceptors (Lipinski definition) is 3. The van der Waals surface area contributed by atoms with Crippen LogP contribution in [0.15, 0.2) is 0 Å². The summed E-state index contributed by atoms with van der Waals surface area (Å²) >= 11 is 0. The molecule has 0 bridgehead atoms. The molecule has 4 heteroatoms. The zero-order valence-corrected chi connectivity index (χ0v) is 7.78. The zero-order chi connectivity index (χ0) is 9.80. The topological polar surface area (TPSA) is 57.6 Å². The van der Waals surface area contributed by atoms with Gasteiger partial charge in [0.2, 0.25) is 11.8 Å². The molecule has 0 spiro atoms. The average molecular weight is 183 g/mol. The number of carbonyl (C=O) groups excluding carboxylic acids is 2. The highest BCUT2D eigenvalue weighted by Gasteiger charge is 2.72. The Morgan fingerprint density at radius 2 is 1.77 bits per heavy atom. The molecule has 0 aromatic rings. The summed E-state index contributed by atoms with van der Waals surface area (Å²) in [4.78, 5) is 24.3. The molecule has 2 aliphatic rings. The Kier molecular flexibility index (Phi) is 1.55. The minimum atomic E-state index is -0.142. The van der Waals surface area contributed by atoms with E-state index in [2.05, 4.69) is 0 Å². The standard InChI is InChI=1S/C9H13NO3/c1-9(2)5-6(9)8(13)10(3-4-11)7(5)12/h5-6,11H,3-4H2,1-2H3. The van der Waals surface area contributed by atoms with E-state index in [1.165, 1.54) is 4.90 Å². The van der Waals surface area contributed by atoms with Crippen molar-refractivity contribution in [3.63, 3.8) is 0 Å². The Labute approximate surface area is 76.5 Å². The number of aliphatic hydroxyl groups is 1. The van der Waals surface area contributed by atoms with E-state index in [4.69, 9.17) is 5.11 Å². The summed E-state index contributed by atoms with van der Waals surface area (Å²) in [6.45, 7) is 3.89. The van der Waals surface area contributed by atoms with E-state index in [-0.39, 0.29) is 42.2 Å². The van der Waals surface area contributed by atoms with Crippen molar-refractivity contribution in [1.29, 1.82) is 0 Å². The summed E-state index contributed by atoms with van der Waals surface area (Å²) in [5, 5.41) is 8.65. The first-order chi connectivity index (χ1) is 6.01. The molecule has 0 aromatic heterocycles. The van der Waals surface area contributed by atoms with E-state index in [9.17, 15) is 9.59 Å². The Morgan fingerprint density at radius 3 is 2.15 bits per heavy atom. The van der Waals surface area contributed by atoms with Crippen molar-refractivity contribution in [2.45, 2.75) is 13.8 Å². The van der Waals surface area contributed by atoms with Crippen molar-refractivity contribution >= 4 is 11.8 Å². The SMILES string of the molecule is CC1(C)C2C(=O)N(CCO)C(=O)C21. The van der Waals surface area contributed by atoms with Crippen LogP contribution in [0.4, 0.5) is 0 Å². The third-order valence-electron chi connectivity index (χ3n) is 3.22. The second kappa shape index (κ2) is 2.32. The molecule has 2 amide bonds. The summed E-state index contributed by atoms with van der Waals surface area (Å²) < 4.78 is 0. The number of nitrogens with zero attached hydrogens (tertiary/aromatic N) is 1. The number of likely N-dealkylation sites (tertiary alicyclic amines) is 1. The van der Waals surface area contributed by atoms with Crippen LogP contribution in [0.5, 0.6) is 0 Å². The Bertz CT molecular complexity index is 261. The minimum Gasteiger partial charge on any atom is -0.395 e. The number of aliphatic hydroxyl groups excluding tert-OH is 1. The van der Waals surface area contributed by atoms with Crippen LogP contribution in [-0.2, 0) is 9.59 Å².